The van der Waals surface area contributed by atoms with Crippen molar-refractivity contribution in [3.8, 4) is 0 Å². The first-order valence-corrected chi connectivity index (χ1v) is 2.21. The summed E-state index contributed by atoms with van der Waals surface area (Å²) in [6.07, 6.45) is 0. The molecule has 0 aliphatic heterocycles. The molecule has 0 saturated heterocycles. The van der Waals surface area contributed by atoms with Crippen LogP contribution < -0.4 is 5.32 Å². The van der Waals surface area contributed by atoms with Crippen LogP contribution in [0, 0.1) is 7.05 Å². The molecule has 0 heterocycles. The number of rotatable bonds is 2. The molecule has 1 radical (unpaired) electrons. The fourth-order valence-electron chi connectivity index (χ4n) is 0.0500. The van der Waals surface area contributed by atoms with Crippen LogP contribution in [-0.4, -0.2) is 17.3 Å². The molecule has 0 aromatic carbocycles. The van der Waals surface area contributed by atoms with Gasteiger partial charge >= 0.3 is 0 Å². The van der Waals surface area contributed by atoms with E-state index in [-0.39, 0.29) is 12.1 Å². The third-order valence-corrected chi connectivity index (χ3v) is 0.815. The maximum absolute atomic E-state index is 8.46. The zero-order valence-electron chi connectivity index (χ0n) is 4.81. The molecule has 0 bridgehead atoms. The number of hydrogen-bond acceptors (Lipinski definition) is 1. The second kappa shape index (κ2) is 2.28. The van der Waals surface area contributed by atoms with Gasteiger partial charge in [0.1, 0.15) is 0 Å². The Bertz CT molecular complexity index is 46.0. The van der Waals surface area contributed by atoms with Crippen LogP contribution in [0.15, 0.2) is 0 Å². The highest BCUT2D eigenvalue weighted by Crippen LogP contribution is 1.98. The molecular formula is C5H11NO-. The van der Waals surface area contributed by atoms with Crippen LogP contribution in [-0.2, 0) is 0 Å². The lowest BCUT2D eigenvalue weighted by molar-refractivity contribution is 0.198. The van der Waals surface area contributed by atoms with E-state index in [1.165, 1.54) is 0 Å². The van der Waals surface area contributed by atoms with Gasteiger partial charge in [-0.2, -0.15) is 0 Å². The first-order valence-electron chi connectivity index (χ1n) is 2.21. The second-order valence-corrected chi connectivity index (χ2v) is 2.13. The summed E-state index contributed by atoms with van der Waals surface area (Å²) in [4.78, 5) is 0. The van der Waals surface area contributed by atoms with E-state index in [2.05, 4.69) is 12.4 Å². The summed E-state index contributed by atoms with van der Waals surface area (Å²) in [5.74, 6) is 0. The second-order valence-electron chi connectivity index (χ2n) is 2.13. The first kappa shape index (κ1) is 6.92. The molecule has 0 aliphatic carbocycles. The minimum absolute atomic E-state index is 0.0660. The maximum atomic E-state index is 8.46. The Hall–Kier alpha value is -0.0800. The smallest absolute Gasteiger partial charge is 0.0596 e. The molecule has 0 fully saturated rings. The highest BCUT2D eigenvalue weighted by Gasteiger charge is 2.07. The Morgan fingerprint density at radius 1 is 1.71 bits per heavy atom. The Morgan fingerprint density at radius 3 is 2.14 bits per heavy atom. The average Bonchev–Trinajstić information content (AvgIpc) is 1.68. The molecule has 43 valence electrons. The van der Waals surface area contributed by atoms with Crippen molar-refractivity contribution in [3.05, 3.63) is 7.05 Å². The Labute approximate surface area is 44.5 Å². The van der Waals surface area contributed by atoms with Gasteiger partial charge in [-0.05, 0) is 13.8 Å². The van der Waals surface area contributed by atoms with Crippen molar-refractivity contribution < 1.29 is 5.11 Å². The van der Waals surface area contributed by atoms with Crippen LogP contribution in [0.2, 0.25) is 0 Å². The topological polar surface area (TPSA) is 34.3 Å². The van der Waals surface area contributed by atoms with E-state index in [1.807, 2.05) is 13.8 Å². The van der Waals surface area contributed by atoms with Gasteiger partial charge in [0.15, 0.2) is 0 Å². The average molecular weight is 101 g/mol. The number of nitrogens with zero attached hydrogens (tertiary/aromatic N) is 1. The van der Waals surface area contributed by atoms with Gasteiger partial charge in [0.25, 0.3) is 0 Å². The van der Waals surface area contributed by atoms with Crippen LogP contribution in [0.25, 0.3) is 0 Å². The Morgan fingerprint density at radius 2 is 2.14 bits per heavy atom. The van der Waals surface area contributed by atoms with Gasteiger partial charge in [0, 0.05) is 5.54 Å². The van der Waals surface area contributed by atoms with Crippen LogP contribution in [0.4, 0.5) is 0 Å². The molecular weight excluding hydrogens is 90.1 g/mol. The van der Waals surface area contributed by atoms with E-state index in [4.69, 9.17) is 5.11 Å². The number of aliphatic hydroxyl groups excluding tert-OH is 1. The molecule has 0 aromatic heterocycles. The van der Waals surface area contributed by atoms with Crippen molar-refractivity contribution in [2.75, 3.05) is 6.61 Å². The van der Waals surface area contributed by atoms with Crippen LogP contribution in [0.1, 0.15) is 13.8 Å². The third-order valence-electron chi connectivity index (χ3n) is 0.815. The van der Waals surface area contributed by atoms with Crippen LogP contribution in [0.3, 0.4) is 0 Å². The lowest BCUT2D eigenvalue weighted by Crippen LogP contribution is -2.33. The SMILES string of the molecule is [CH2-][N]C(C)(C)CO. The molecule has 0 aliphatic rings. The first-order chi connectivity index (χ1) is 3.12. The molecule has 0 amide bonds. The molecule has 0 atom stereocenters. The summed E-state index contributed by atoms with van der Waals surface area (Å²) < 4.78 is 0. The molecule has 2 nitrogen and oxygen atoms in total. The molecule has 0 aromatic rings. The summed E-state index contributed by atoms with van der Waals surface area (Å²) in [7, 11) is 3.29. The van der Waals surface area contributed by atoms with Gasteiger partial charge < -0.3 is 10.4 Å². The van der Waals surface area contributed by atoms with Gasteiger partial charge in [-0.15, -0.1) is 0 Å². The highest BCUT2D eigenvalue weighted by atomic mass is 16.3. The lowest BCUT2D eigenvalue weighted by atomic mass is 10.1. The normalized spacial score (nSPS) is 12.0. The van der Waals surface area contributed by atoms with Gasteiger partial charge in [-0.3, -0.25) is 7.05 Å². The zero-order chi connectivity index (χ0) is 5.91. The van der Waals surface area contributed by atoms with Crippen LogP contribution in [0.5, 0.6) is 0 Å². The predicted molar refractivity (Wildman–Crippen MR) is 28.7 cm³/mol. The highest BCUT2D eigenvalue weighted by molar-refractivity contribution is 4.73. The van der Waals surface area contributed by atoms with E-state index in [0.717, 1.165) is 0 Å². The fraction of sp³-hybridized carbons (Fsp3) is 0.800. The summed E-state index contributed by atoms with van der Waals surface area (Å²) >= 11 is 0. The monoisotopic (exact) mass is 101 g/mol. The van der Waals surface area contributed by atoms with E-state index in [1.54, 1.807) is 0 Å². The molecule has 2 heteroatoms. The fourth-order valence-corrected chi connectivity index (χ4v) is 0.0500. The Kier molecular flexibility index (Phi) is 2.26. The maximum Gasteiger partial charge on any atom is 0.0596 e. The predicted octanol–water partition coefficient (Wildman–Crippen LogP) is 0.153. The molecule has 0 unspecified atom stereocenters. The largest absolute Gasteiger partial charge is 0.417 e. The van der Waals surface area contributed by atoms with Crippen molar-refractivity contribution in [2.24, 2.45) is 0 Å². The Balaban J connectivity index is 3.36. The molecule has 7 heavy (non-hydrogen) atoms. The zero-order valence-corrected chi connectivity index (χ0v) is 4.81. The number of aliphatic hydroxyl groups is 1. The third kappa shape index (κ3) is 2.60. The molecule has 0 saturated carbocycles. The van der Waals surface area contributed by atoms with Crippen molar-refractivity contribution in [1.82, 2.24) is 5.32 Å². The van der Waals surface area contributed by atoms with Gasteiger partial charge in [-0.25, -0.2) is 0 Å². The summed E-state index contributed by atoms with van der Waals surface area (Å²) in [6.45, 7) is 3.70. The molecule has 1 N–H and O–H groups in total. The molecule has 0 rings (SSSR count). The quantitative estimate of drug-likeness (QED) is 0.494. The van der Waals surface area contributed by atoms with Crippen molar-refractivity contribution in [1.29, 1.82) is 0 Å². The minimum Gasteiger partial charge on any atom is -0.417 e. The van der Waals surface area contributed by atoms with Gasteiger partial charge in [0.05, 0.1) is 6.61 Å². The van der Waals surface area contributed by atoms with Gasteiger partial charge in [0.2, 0.25) is 0 Å². The lowest BCUT2D eigenvalue weighted by Gasteiger charge is -2.23. The van der Waals surface area contributed by atoms with E-state index in [9.17, 15) is 0 Å². The summed E-state index contributed by atoms with van der Waals surface area (Å²) in [5, 5.41) is 12.1. The standard InChI is InChI=1S/C5H11NO/c1-5(2,4-7)6-3/h7H,3-4H2,1-2H3/q-1. The van der Waals surface area contributed by atoms with Gasteiger partial charge in [-0.1, -0.05) is 0 Å². The van der Waals surface area contributed by atoms with Crippen LogP contribution >= 0.6 is 0 Å². The van der Waals surface area contributed by atoms with Crippen molar-refractivity contribution in [3.63, 3.8) is 0 Å². The number of hydrogen-bond donors (Lipinski definition) is 1. The van der Waals surface area contributed by atoms with E-state index >= 15 is 0 Å². The van der Waals surface area contributed by atoms with E-state index in [0.29, 0.717) is 0 Å². The molecule has 0 spiro atoms. The van der Waals surface area contributed by atoms with Crippen molar-refractivity contribution >= 4 is 0 Å². The minimum atomic E-state index is -0.347. The summed E-state index contributed by atoms with van der Waals surface area (Å²) in [6, 6.07) is 0. The van der Waals surface area contributed by atoms with Crippen molar-refractivity contribution in [2.45, 2.75) is 19.4 Å². The summed E-state index contributed by atoms with van der Waals surface area (Å²) in [5.41, 5.74) is -0.347. The van der Waals surface area contributed by atoms with E-state index < -0.39 is 0 Å².